The zero-order valence-corrected chi connectivity index (χ0v) is 4.13. The van der Waals surface area contributed by atoms with Crippen LogP contribution in [0.5, 0.6) is 0 Å². The first-order chi connectivity index (χ1) is 3.06. The summed E-state index contributed by atoms with van der Waals surface area (Å²) >= 11 is 0. The molecule has 0 heterocycles. The van der Waals surface area contributed by atoms with Crippen LogP contribution in [0.1, 0.15) is 6.92 Å². The minimum absolute atomic E-state index is 0. The topological polar surface area (TPSA) is 31.5 Å². The van der Waals surface area contributed by atoms with Crippen molar-refractivity contribution in [1.29, 1.82) is 0 Å². The van der Waals surface area contributed by atoms with Gasteiger partial charge in [-0.2, -0.15) is 13.2 Å². The van der Waals surface area contributed by atoms with E-state index in [1.807, 2.05) is 0 Å². The molecular formula is C4H5F3O. The van der Waals surface area contributed by atoms with E-state index >= 15 is 0 Å². The van der Waals surface area contributed by atoms with Crippen molar-refractivity contribution >= 4 is 0 Å². The zero-order valence-electron chi connectivity index (χ0n) is 4.13. The maximum atomic E-state index is 10.9. The molecule has 4 heteroatoms. The predicted octanol–water partition coefficient (Wildman–Crippen LogP) is 0.747. The first kappa shape index (κ1) is 10.3. The molecule has 48 valence electrons. The number of hydrogen-bond acceptors (Lipinski definition) is 0. The molecule has 0 saturated carbocycles. The summed E-state index contributed by atoms with van der Waals surface area (Å²) in [5.41, 5.74) is 0. The molecule has 8 heavy (non-hydrogen) atoms. The van der Waals surface area contributed by atoms with E-state index in [2.05, 4.69) is 0 Å². The summed E-state index contributed by atoms with van der Waals surface area (Å²) in [4.78, 5) is 0. The average molecular weight is 126 g/mol. The third kappa shape index (κ3) is 9.00. The molecule has 0 atom stereocenters. The second-order valence-electron chi connectivity index (χ2n) is 0.873. The minimum atomic E-state index is -4.31. The minimum Gasteiger partial charge on any atom is -0.412 e. The summed E-state index contributed by atoms with van der Waals surface area (Å²) in [5.74, 6) is 2.77. The lowest BCUT2D eigenvalue weighted by molar-refractivity contribution is -0.0697. The Hall–Kier alpha value is -0.690. The van der Waals surface area contributed by atoms with Crippen molar-refractivity contribution in [3.63, 3.8) is 0 Å². The van der Waals surface area contributed by atoms with Crippen molar-refractivity contribution in [2.75, 3.05) is 0 Å². The lowest BCUT2D eigenvalue weighted by Gasteiger charge is -1.89. The molecule has 1 nitrogen and oxygen atoms in total. The van der Waals surface area contributed by atoms with E-state index in [0.717, 1.165) is 12.8 Å². The van der Waals surface area contributed by atoms with E-state index in [1.54, 1.807) is 5.92 Å². The van der Waals surface area contributed by atoms with Gasteiger partial charge in [0.2, 0.25) is 0 Å². The van der Waals surface area contributed by atoms with Crippen LogP contribution in [-0.2, 0) is 0 Å². The van der Waals surface area contributed by atoms with Crippen LogP contribution in [0, 0.1) is 11.8 Å². The summed E-state index contributed by atoms with van der Waals surface area (Å²) in [6.07, 6.45) is -4.31. The van der Waals surface area contributed by atoms with E-state index < -0.39 is 6.18 Å². The largest absolute Gasteiger partial charge is 0.457 e. The molecule has 0 aliphatic rings. The van der Waals surface area contributed by atoms with Crippen LogP contribution >= 0.6 is 0 Å². The third-order valence-electron chi connectivity index (χ3n) is 0.267. The molecule has 0 unspecified atom stereocenters. The highest BCUT2D eigenvalue weighted by Gasteiger charge is 2.22. The van der Waals surface area contributed by atoms with Crippen LogP contribution < -0.4 is 0 Å². The molecule has 2 N–H and O–H groups in total. The Kier molecular flexibility index (Phi) is 4.30. The van der Waals surface area contributed by atoms with Crippen molar-refractivity contribution in [1.82, 2.24) is 0 Å². The van der Waals surface area contributed by atoms with E-state index in [4.69, 9.17) is 0 Å². The van der Waals surface area contributed by atoms with E-state index in [9.17, 15) is 13.2 Å². The van der Waals surface area contributed by atoms with Crippen molar-refractivity contribution in [3.05, 3.63) is 0 Å². The number of halogens is 3. The molecule has 0 aliphatic carbocycles. The maximum absolute atomic E-state index is 10.9. The predicted molar refractivity (Wildman–Crippen MR) is 23.1 cm³/mol. The van der Waals surface area contributed by atoms with Gasteiger partial charge in [-0.15, -0.1) is 0 Å². The summed E-state index contributed by atoms with van der Waals surface area (Å²) < 4.78 is 32.6. The van der Waals surface area contributed by atoms with Crippen LogP contribution in [0.2, 0.25) is 0 Å². The number of rotatable bonds is 0. The van der Waals surface area contributed by atoms with Crippen LogP contribution in [0.4, 0.5) is 13.2 Å². The molecule has 0 aromatic carbocycles. The van der Waals surface area contributed by atoms with Gasteiger partial charge in [0.1, 0.15) is 0 Å². The molecule has 0 bridgehead atoms. The van der Waals surface area contributed by atoms with Crippen molar-refractivity contribution in [3.8, 4) is 11.8 Å². The second kappa shape index (κ2) is 3.33. The van der Waals surface area contributed by atoms with Gasteiger partial charge in [0.05, 0.1) is 0 Å². The second-order valence-corrected chi connectivity index (χ2v) is 0.873. The highest BCUT2D eigenvalue weighted by molar-refractivity contribution is 5.01. The molecule has 0 radical (unpaired) electrons. The van der Waals surface area contributed by atoms with Gasteiger partial charge in [-0.25, -0.2) is 0 Å². The van der Waals surface area contributed by atoms with Gasteiger partial charge in [0, 0.05) is 5.92 Å². The van der Waals surface area contributed by atoms with E-state index in [1.165, 1.54) is 0 Å². The highest BCUT2D eigenvalue weighted by Crippen LogP contribution is 2.11. The Morgan fingerprint density at radius 2 is 1.62 bits per heavy atom. The van der Waals surface area contributed by atoms with Crippen LogP contribution in [0.25, 0.3) is 0 Å². The standard InChI is InChI=1S/C4H3F3.H2O/c1-2-3-4(5,6)7;/h1H3;1H2. The van der Waals surface area contributed by atoms with Gasteiger partial charge in [-0.3, -0.25) is 0 Å². The van der Waals surface area contributed by atoms with E-state index in [0.29, 0.717) is 0 Å². The van der Waals surface area contributed by atoms with Gasteiger partial charge in [0.25, 0.3) is 0 Å². The van der Waals surface area contributed by atoms with Crippen LogP contribution in [-0.4, -0.2) is 11.7 Å². The van der Waals surface area contributed by atoms with Gasteiger partial charge >= 0.3 is 6.18 Å². The molecular weight excluding hydrogens is 121 g/mol. The Bertz CT molecular complexity index is 105. The smallest absolute Gasteiger partial charge is 0.412 e. The van der Waals surface area contributed by atoms with Crippen molar-refractivity contribution in [2.24, 2.45) is 0 Å². The molecule has 0 fully saturated rings. The fourth-order valence-electron chi connectivity index (χ4n) is 0.142. The Morgan fingerprint density at radius 3 is 1.62 bits per heavy atom. The first-order valence-corrected chi connectivity index (χ1v) is 1.57. The lowest BCUT2D eigenvalue weighted by atomic mass is 10.6. The van der Waals surface area contributed by atoms with E-state index in [-0.39, 0.29) is 5.48 Å². The van der Waals surface area contributed by atoms with Gasteiger partial charge < -0.3 is 5.48 Å². The molecule has 0 spiro atoms. The van der Waals surface area contributed by atoms with Gasteiger partial charge in [-0.05, 0) is 6.92 Å². The molecule has 0 rings (SSSR count). The van der Waals surface area contributed by atoms with Crippen LogP contribution in [0.3, 0.4) is 0 Å². The van der Waals surface area contributed by atoms with Gasteiger partial charge in [0.15, 0.2) is 0 Å². The number of hydrogen-bond donors (Lipinski definition) is 0. The molecule has 0 amide bonds. The Balaban J connectivity index is 0. The fourth-order valence-corrected chi connectivity index (χ4v) is 0.142. The third-order valence-corrected chi connectivity index (χ3v) is 0.267. The summed E-state index contributed by atoms with van der Waals surface area (Å²) in [6.45, 7) is 1.15. The number of alkyl halides is 3. The summed E-state index contributed by atoms with van der Waals surface area (Å²) in [5, 5.41) is 0. The lowest BCUT2D eigenvalue weighted by Crippen LogP contribution is -2.00. The normalized spacial score (nSPS) is 8.50. The Morgan fingerprint density at radius 1 is 1.25 bits per heavy atom. The van der Waals surface area contributed by atoms with Gasteiger partial charge in [-0.1, -0.05) is 5.92 Å². The highest BCUT2D eigenvalue weighted by atomic mass is 19.4. The monoisotopic (exact) mass is 126 g/mol. The molecule has 0 aromatic heterocycles. The SMILES string of the molecule is CC#CC(F)(F)F.O. The zero-order chi connectivity index (χ0) is 5.91. The first-order valence-electron chi connectivity index (χ1n) is 1.57. The fraction of sp³-hybridized carbons (Fsp3) is 0.500. The summed E-state index contributed by atoms with van der Waals surface area (Å²) in [6, 6.07) is 0. The quantitative estimate of drug-likeness (QED) is 0.429. The van der Waals surface area contributed by atoms with Crippen molar-refractivity contribution in [2.45, 2.75) is 13.1 Å². The van der Waals surface area contributed by atoms with Crippen LogP contribution in [0.15, 0.2) is 0 Å². The maximum Gasteiger partial charge on any atom is 0.457 e. The molecule has 0 aromatic rings. The molecule has 0 saturated heterocycles. The summed E-state index contributed by atoms with van der Waals surface area (Å²) in [7, 11) is 0. The Labute approximate surface area is 44.8 Å². The van der Waals surface area contributed by atoms with Crippen molar-refractivity contribution < 1.29 is 18.6 Å². The average Bonchev–Trinajstić information content (AvgIpc) is 1.30. The molecule has 0 aliphatic heterocycles.